The fourth-order valence-corrected chi connectivity index (χ4v) is 2.96. The van der Waals surface area contributed by atoms with E-state index < -0.39 is 14.9 Å². The van der Waals surface area contributed by atoms with Crippen LogP contribution in [0.15, 0.2) is 41.4 Å². The first-order chi connectivity index (χ1) is 8.82. The van der Waals surface area contributed by atoms with E-state index in [9.17, 15) is 12.8 Å². The Morgan fingerprint density at radius 3 is 2.74 bits per heavy atom. The summed E-state index contributed by atoms with van der Waals surface area (Å²) in [6.45, 7) is 6.33. The lowest BCUT2D eigenvalue weighted by Crippen LogP contribution is -1.98. The Morgan fingerprint density at radius 1 is 1.47 bits per heavy atom. The molecule has 1 aromatic heterocycles. The minimum atomic E-state index is -3.91. The molecule has 0 bridgehead atoms. The van der Waals surface area contributed by atoms with Crippen molar-refractivity contribution in [2.24, 2.45) is 0 Å². The van der Waals surface area contributed by atoms with Crippen LogP contribution in [0.5, 0.6) is 0 Å². The third-order valence-electron chi connectivity index (χ3n) is 2.96. The van der Waals surface area contributed by atoms with Crippen molar-refractivity contribution in [3.05, 3.63) is 42.4 Å². The number of benzene rings is 1. The van der Waals surface area contributed by atoms with Crippen LogP contribution >= 0.6 is 10.7 Å². The molecule has 0 aliphatic heterocycles. The lowest BCUT2D eigenvalue weighted by atomic mass is 10.2. The van der Waals surface area contributed by atoms with Crippen LogP contribution in [-0.2, 0) is 15.6 Å². The summed E-state index contributed by atoms with van der Waals surface area (Å²) in [6.07, 6.45) is 2.21. The Hall–Kier alpha value is -1.33. The summed E-state index contributed by atoms with van der Waals surface area (Å²) >= 11 is 0. The van der Waals surface area contributed by atoms with E-state index in [1.54, 1.807) is 10.6 Å². The molecule has 1 aromatic carbocycles. The van der Waals surface area contributed by atoms with Crippen LogP contribution in [0.2, 0.25) is 0 Å². The van der Waals surface area contributed by atoms with E-state index in [0.29, 0.717) is 17.4 Å². The minimum Gasteiger partial charge on any atom is -0.342 e. The average Bonchev–Trinajstić information content (AvgIpc) is 2.67. The van der Waals surface area contributed by atoms with Crippen molar-refractivity contribution >= 4 is 30.6 Å². The van der Waals surface area contributed by atoms with Gasteiger partial charge in [0, 0.05) is 34.3 Å². The summed E-state index contributed by atoms with van der Waals surface area (Å²) in [6, 6.07) is 4.01. The Morgan fingerprint density at radius 2 is 2.16 bits per heavy atom. The van der Waals surface area contributed by atoms with Gasteiger partial charge in [-0.25, -0.2) is 12.8 Å². The van der Waals surface area contributed by atoms with Crippen LogP contribution in [0.25, 0.3) is 10.9 Å². The number of halogens is 2. The predicted molar refractivity (Wildman–Crippen MR) is 74.4 cm³/mol. The molecule has 0 spiro atoms. The van der Waals surface area contributed by atoms with Gasteiger partial charge in [-0.3, -0.25) is 0 Å². The van der Waals surface area contributed by atoms with E-state index in [-0.39, 0.29) is 4.90 Å². The Bertz CT molecular complexity index is 749. The third kappa shape index (κ3) is 2.82. The second-order valence-corrected chi connectivity index (χ2v) is 6.86. The molecule has 19 heavy (non-hydrogen) atoms. The van der Waals surface area contributed by atoms with Crippen molar-refractivity contribution in [1.82, 2.24) is 4.57 Å². The zero-order valence-electron chi connectivity index (χ0n) is 10.4. The quantitative estimate of drug-likeness (QED) is 0.638. The van der Waals surface area contributed by atoms with Gasteiger partial charge in [-0.1, -0.05) is 19.1 Å². The highest BCUT2D eigenvalue weighted by atomic mass is 35.7. The number of nitrogens with zero attached hydrogens (tertiary/aromatic N) is 1. The fourth-order valence-electron chi connectivity index (χ4n) is 1.91. The van der Waals surface area contributed by atoms with Gasteiger partial charge < -0.3 is 4.57 Å². The maximum Gasteiger partial charge on any atom is 0.263 e. The minimum absolute atomic E-state index is 0.0763. The van der Waals surface area contributed by atoms with Crippen LogP contribution in [0.4, 0.5) is 4.39 Å². The molecule has 0 atom stereocenters. The summed E-state index contributed by atoms with van der Waals surface area (Å²) in [5.41, 5.74) is 1.56. The fraction of sp³-hybridized carbons (Fsp3) is 0.231. The molecule has 0 fully saturated rings. The highest BCUT2D eigenvalue weighted by Gasteiger charge is 2.19. The van der Waals surface area contributed by atoms with E-state index in [0.717, 1.165) is 12.0 Å². The van der Waals surface area contributed by atoms with Gasteiger partial charge in [-0.2, -0.15) is 0 Å². The molecule has 0 aliphatic rings. The molecule has 0 unspecified atom stereocenters. The number of hydrogen-bond acceptors (Lipinski definition) is 2. The summed E-state index contributed by atoms with van der Waals surface area (Å²) in [7, 11) is 1.47. The molecule has 3 nitrogen and oxygen atoms in total. The molecule has 0 radical (unpaired) electrons. The predicted octanol–water partition coefficient (Wildman–Crippen LogP) is 3.67. The van der Waals surface area contributed by atoms with Crippen LogP contribution in [0.1, 0.15) is 13.3 Å². The van der Waals surface area contributed by atoms with Crippen LogP contribution in [0, 0.1) is 5.82 Å². The third-order valence-corrected chi connectivity index (χ3v) is 4.31. The molecule has 2 rings (SSSR count). The lowest BCUT2D eigenvalue weighted by molar-refractivity contribution is 0.609. The van der Waals surface area contributed by atoms with Crippen molar-refractivity contribution in [2.45, 2.75) is 24.8 Å². The topological polar surface area (TPSA) is 39.1 Å². The SMILES string of the molecule is C=C(CC)Cn1cc(S(=O)(=O)Cl)c2cc(F)ccc21. The molecule has 6 heteroatoms. The summed E-state index contributed by atoms with van der Waals surface area (Å²) in [5, 5.41) is 0.291. The Balaban J connectivity index is 2.70. The van der Waals surface area contributed by atoms with Gasteiger partial charge in [0.25, 0.3) is 9.05 Å². The lowest BCUT2D eigenvalue weighted by Gasteiger charge is -2.06. The number of aromatic nitrogens is 1. The highest BCUT2D eigenvalue weighted by Crippen LogP contribution is 2.29. The van der Waals surface area contributed by atoms with E-state index in [1.807, 2.05) is 6.92 Å². The van der Waals surface area contributed by atoms with E-state index in [1.165, 1.54) is 18.3 Å². The standard InChI is InChI=1S/C13H13ClFNO2S/c1-3-9(2)7-16-8-13(19(14,17)18)11-6-10(15)4-5-12(11)16/h4-6,8H,2-3,7H2,1H3. The van der Waals surface area contributed by atoms with Crippen LogP contribution < -0.4 is 0 Å². The maximum absolute atomic E-state index is 13.3. The molecule has 1 heterocycles. The van der Waals surface area contributed by atoms with E-state index >= 15 is 0 Å². The zero-order valence-corrected chi connectivity index (χ0v) is 11.9. The van der Waals surface area contributed by atoms with Gasteiger partial charge in [0.1, 0.15) is 10.7 Å². The van der Waals surface area contributed by atoms with Gasteiger partial charge in [0.15, 0.2) is 0 Å². The smallest absolute Gasteiger partial charge is 0.263 e. The number of hydrogen-bond donors (Lipinski definition) is 0. The number of rotatable bonds is 4. The highest BCUT2D eigenvalue weighted by molar-refractivity contribution is 8.14. The average molecular weight is 302 g/mol. The van der Waals surface area contributed by atoms with Gasteiger partial charge in [-0.05, 0) is 24.6 Å². The first-order valence-corrected chi connectivity index (χ1v) is 8.03. The van der Waals surface area contributed by atoms with Crippen molar-refractivity contribution in [3.8, 4) is 0 Å². The first kappa shape index (κ1) is 14.1. The summed E-state index contributed by atoms with van der Waals surface area (Å²) in [4.78, 5) is -0.0763. The van der Waals surface area contributed by atoms with Gasteiger partial charge in [0.05, 0.1) is 0 Å². The summed E-state index contributed by atoms with van der Waals surface area (Å²) in [5.74, 6) is -0.499. The maximum atomic E-state index is 13.3. The molecule has 0 N–H and O–H groups in total. The number of fused-ring (bicyclic) bond motifs is 1. The summed E-state index contributed by atoms with van der Waals surface area (Å²) < 4.78 is 38.1. The first-order valence-electron chi connectivity index (χ1n) is 5.72. The molecular formula is C13H13ClFNO2S. The largest absolute Gasteiger partial charge is 0.342 e. The molecule has 0 saturated heterocycles. The molecule has 0 amide bonds. The van der Waals surface area contributed by atoms with E-state index in [4.69, 9.17) is 10.7 Å². The second-order valence-electron chi connectivity index (χ2n) is 4.32. The number of allylic oxidation sites excluding steroid dienone is 1. The van der Waals surface area contributed by atoms with Gasteiger partial charge in [0.2, 0.25) is 0 Å². The second kappa shape index (κ2) is 4.98. The van der Waals surface area contributed by atoms with Crippen molar-refractivity contribution < 1.29 is 12.8 Å². The van der Waals surface area contributed by atoms with Crippen LogP contribution in [0.3, 0.4) is 0 Å². The van der Waals surface area contributed by atoms with Gasteiger partial charge >= 0.3 is 0 Å². The van der Waals surface area contributed by atoms with Crippen molar-refractivity contribution in [3.63, 3.8) is 0 Å². The van der Waals surface area contributed by atoms with Crippen molar-refractivity contribution in [1.29, 1.82) is 0 Å². The molecule has 102 valence electrons. The Labute approximate surface area is 115 Å². The molecule has 0 aliphatic carbocycles. The monoisotopic (exact) mass is 301 g/mol. The molecular weight excluding hydrogens is 289 g/mol. The van der Waals surface area contributed by atoms with E-state index in [2.05, 4.69) is 6.58 Å². The Kier molecular flexibility index (Phi) is 3.69. The zero-order chi connectivity index (χ0) is 14.2. The molecule has 0 saturated carbocycles. The molecule has 2 aromatic rings. The van der Waals surface area contributed by atoms with Gasteiger partial charge in [-0.15, -0.1) is 0 Å². The van der Waals surface area contributed by atoms with Crippen molar-refractivity contribution in [2.75, 3.05) is 0 Å². The normalized spacial score (nSPS) is 11.9. The van der Waals surface area contributed by atoms with Crippen LogP contribution in [-0.4, -0.2) is 13.0 Å².